The predicted molar refractivity (Wildman–Crippen MR) is 177 cm³/mol. The van der Waals surface area contributed by atoms with Crippen LogP contribution in [-0.2, 0) is 29.2 Å². The van der Waals surface area contributed by atoms with Crippen LogP contribution in [0.4, 0.5) is 5.69 Å². The van der Waals surface area contributed by atoms with Gasteiger partial charge in [-0.25, -0.2) is 0 Å². The predicted octanol–water partition coefficient (Wildman–Crippen LogP) is 5.95. The topological polar surface area (TPSA) is 135 Å². The number of nitrogens with one attached hydrogen (secondary N) is 1. The first kappa shape index (κ1) is 32.9. The van der Waals surface area contributed by atoms with E-state index in [0.29, 0.717) is 42.2 Å². The Bertz CT molecular complexity index is 1720. The number of aliphatic carboxylic acids is 2. The van der Waals surface area contributed by atoms with Gasteiger partial charge in [0.25, 0.3) is 5.91 Å². The second-order valence-electron chi connectivity index (χ2n) is 11.3. The Balaban J connectivity index is 1.42. The van der Waals surface area contributed by atoms with Crippen LogP contribution in [0.1, 0.15) is 46.3 Å². The Hall–Kier alpha value is -5.51. The maximum Gasteiger partial charge on any atom is 0.303 e. The summed E-state index contributed by atoms with van der Waals surface area (Å²) in [5.74, 6) is -0.398. The van der Waals surface area contributed by atoms with Crippen molar-refractivity contribution in [3.05, 3.63) is 107 Å². The number of carbonyl (C=O) groups is 3. The van der Waals surface area contributed by atoms with Crippen molar-refractivity contribution in [3.8, 4) is 28.4 Å². The number of fused-ring (bicyclic) bond motifs is 1. The van der Waals surface area contributed by atoms with E-state index in [-0.39, 0.29) is 38.4 Å². The number of hydrogen-bond acceptors (Lipinski definition) is 7. The fraction of sp³-hybridized carbons (Fsp3) is 0.270. The normalized spacial score (nSPS) is 12.1. The monoisotopic (exact) mass is 638 g/mol. The molecule has 3 N–H and O–H groups in total. The van der Waals surface area contributed by atoms with Gasteiger partial charge in [-0.05, 0) is 71.5 Å². The summed E-state index contributed by atoms with van der Waals surface area (Å²) in [6, 6.07) is 26.4. The largest absolute Gasteiger partial charge is 0.493 e. The highest BCUT2D eigenvalue weighted by Crippen LogP contribution is 2.36. The second-order valence-corrected chi connectivity index (χ2v) is 11.3. The van der Waals surface area contributed by atoms with Gasteiger partial charge in [-0.1, -0.05) is 48.5 Å². The summed E-state index contributed by atoms with van der Waals surface area (Å²) >= 11 is 0. The van der Waals surface area contributed by atoms with Gasteiger partial charge in [0.15, 0.2) is 0 Å². The van der Waals surface area contributed by atoms with E-state index >= 15 is 0 Å². The van der Waals surface area contributed by atoms with Crippen molar-refractivity contribution in [2.24, 2.45) is 0 Å². The molecule has 1 aliphatic heterocycles. The molecule has 10 nitrogen and oxygen atoms in total. The number of carboxylic acids is 2. The summed E-state index contributed by atoms with van der Waals surface area (Å²) in [6.07, 6.45) is 0.386. The first-order valence-corrected chi connectivity index (χ1v) is 15.5. The number of hydrogen-bond donors (Lipinski definition) is 3. The molecule has 0 saturated carbocycles. The lowest BCUT2D eigenvalue weighted by molar-refractivity contribution is -0.138. The SMILES string of the molecule is CN1CCOc2cc(-c3cc(OCc4cccc(OCCCC(=O)O)c4CCC(=O)O)cc(C(=O)NCc4ccccc4)c3)ccc21. The van der Waals surface area contributed by atoms with Crippen LogP contribution in [0.3, 0.4) is 0 Å². The van der Waals surface area contributed by atoms with Crippen LogP contribution in [-0.4, -0.2) is 54.9 Å². The van der Waals surface area contributed by atoms with Crippen molar-refractivity contribution in [2.45, 2.75) is 38.8 Å². The summed E-state index contributed by atoms with van der Waals surface area (Å²) in [7, 11) is 2.02. The molecule has 0 spiro atoms. The molecule has 4 aromatic rings. The lowest BCUT2D eigenvalue weighted by Gasteiger charge is -2.28. The third-order valence-corrected chi connectivity index (χ3v) is 7.86. The highest BCUT2D eigenvalue weighted by molar-refractivity contribution is 5.96. The molecule has 10 heteroatoms. The van der Waals surface area contributed by atoms with Gasteiger partial charge in [0.05, 0.1) is 18.8 Å². The van der Waals surface area contributed by atoms with Crippen molar-refractivity contribution < 1.29 is 38.8 Å². The molecule has 4 aromatic carbocycles. The fourth-order valence-corrected chi connectivity index (χ4v) is 5.36. The molecular formula is C37H38N2O8. The molecule has 47 heavy (non-hydrogen) atoms. The van der Waals surface area contributed by atoms with Gasteiger partial charge in [0.2, 0.25) is 0 Å². The van der Waals surface area contributed by atoms with Crippen LogP contribution in [0.2, 0.25) is 0 Å². The van der Waals surface area contributed by atoms with Crippen molar-refractivity contribution in [3.63, 3.8) is 0 Å². The lowest BCUT2D eigenvalue weighted by Crippen LogP contribution is -2.28. The highest BCUT2D eigenvalue weighted by Gasteiger charge is 2.18. The molecule has 0 aliphatic carbocycles. The van der Waals surface area contributed by atoms with Crippen LogP contribution < -0.4 is 24.4 Å². The number of ether oxygens (including phenoxy) is 3. The van der Waals surface area contributed by atoms with Gasteiger partial charge >= 0.3 is 11.9 Å². The van der Waals surface area contributed by atoms with E-state index in [2.05, 4.69) is 10.2 Å². The van der Waals surface area contributed by atoms with Gasteiger partial charge in [-0.2, -0.15) is 0 Å². The van der Waals surface area contributed by atoms with Crippen LogP contribution in [0.5, 0.6) is 17.2 Å². The molecule has 0 bridgehead atoms. The fourth-order valence-electron chi connectivity index (χ4n) is 5.36. The van der Waals surface area contributed by atoms with Crippen LogP contribution in [0, 0.1) is 0 Å². The number of carbonyl (C=O) groups excluding carboxylic acids is 1. The number of rotatable bonds is 15. The zero-order valence-electron chi connectivity index (χ0n) is 26.2. The minimum atomic E-state index is -0.948. The Morgan fingerprint density at radius 2 is 1.68 bits per heavy atom. The van der Waals surface area contributed by atoms with Crippen molar-refractivity contribution >= 4 is 23.5 Å². The number of nitrogens with zero attached hydrogens (tertiary/aromatic N) is 1. The van der Waals surface area contributed by atoms with Crippen LogP contribution >= 0.6 is 0 Å². The quantitative estimate of drug-likeness (QED) is 0.135. The zero-order valence-corrected chi connectivity index (χ0v) is 26.2. The zero-order chi connectivity index (χ0) is 33.2. The molecular weight excluding hydrogens is 600 g/mol. The number of carboxylic acid groups (broad SMARTS) is 2. The lowest BCUT2D eigenvalue weighted by atomic mass is 10.0. The molecule has 0 aromatic heterocycles. The Labute approximate surface area is 273 Å². The maximum absolute atomic E-state index is 13.4. The van der Waals surface area contributed by atoms with Crippen LogP contribution in [0.25, 0.3) is 11.1 Å². The molecule has 0 unspecified atom stereocenters. The van der Waals surface area contributed by atoms with Gasteiger partial charge < -0.3 is 34.6 Å². The standard InChI is InChI=1S/C37H38N2O8/c1-39-16-18-46-34-22-26(12-14-32(34)39)28-19-29(37(44)38-23-25-7-3-2-4-8-25)21-30(20-28)47-24-27-9-5-10-33(31(27)13-15-36(42)43)45-17-6-11-35(40)41/h2-5,7-10,12,14,19-22H,6,11,13,15-18,23-24H2,1H3,(H,38,44)(H,40,41)(H,42,43). The third-order valence-electron chi connectivity index (χ3n) is 7.86. The molecule has 1 heterocycles. The summed E-state index contributed by atoms with van der Waals surface area (Å²) in [4.78, 5) is 37.9. The summed E-state index contributed by atoms with van der Waals surface area (Å²) in [5, 5.41) is 21.3. The summed E-state index contributed by atoms with van der Waals surface area (Å²) in [6.45, 7) is 2.01. The van der Waals surface area contributed by atoms with E-state index in [1.54, 1.807) is 18.2 Å². The third kappa shape index (κ3) is 9.03. The molecule has 0 atom stereocenters. The van der Waals surface area contributed by atoms with E-state index in [9.17, 15) is 19.5 Å². The second kappa shape index (κ2) is 15.7. The van der Waals surface area contributed by atoms with Gasteiger partial charge in [0.1, 0.15) is 30.5 Å². The number of amides is 1. The van der Waals surface area contributed by atoms with E-state index in [0.717, 1.165) is 40.2 Å². The average molecular weight is 639 g/mol. The first-order chi connectivity index (χ1) is 22.8. The van der Waals surface area contributed by atoms with E-state index in [1.807, 2.05) is 73.8 Å². The minimum absolute atomic E-state index is 0.0299. The Kier molecular flexibility index (Phi) is 11.0. The van der Waals surface area contributed by atoms with Gasteiger partial charge in [-0.15, -0.1) is 0 Å². The van der Waals surface area contributed by atoms with Gasteiger partial charge in [0, 0.05) is 37.6 Å². The van der Waals surface area contributed by atoms with Crippen molar-refractivity contribution in [2.75, 3.05) is 31.7 Å². The Morgan fingerprint density at radius 1 is 0.872 bits per heavy atom. The number of likely N-dealkylation sites (N-methyl/N-ethyl adjacent to an activating group) is 1. The maximum atomic E-state index is 13.4. The molecule has 1 aliphatic rings. The van der Waals surface area contributed by atoms with E-state index in [4.69, 9.17) is 19.3 Å². The molecule has 0 radical (unpaired) electrons. The van der Waals surface area contributed by atoms with Crippen LogP contribution in [0.15, 0.2) is 84.9 Å². The number of benzene rings is 4. The van der Waals surface area contributed by atoms with Crippen molar-refractivity contribution in [1.29, 1.82) is 0 Å². The first-order valence-electron chi connectivity index (χ1n) is 15.5. The molecule has 0 saturated heterocycles. The summed E-state index contributed by atoms with van der Waals surface area (Å²) in [5.41, 5.74) is 5.43. The molecule has 5 rings (SSSR count). The Morgan fingerprint density at radius 3 is 2.47 bits per heavy atom. The molecule has 244 valence electrons. The molecule has 1 amide bonds. The van der Waals surface area contributed by atoms with E-state index in [1.165, 1.54) is 0 Å². The van der Waals surface area contributed by atoms with Gasteiger partial charge in [-0.3, -0.25) is 14.4 Å². The average Bonchev–Trinajstić information content (AvgIpc) is 3.07. The van der Waals surface area contributed by atoms with Crippen molar-refractivity contribution in [1.82, 2.24) is 5.32 Å². The van der Waals surface area contributed by atoms with E-state index < -0.39 is 11.9 Å². The highest BCUT2D eigenvalue weighted by atomic mass is 16.5. The number of anilines is 1. The smallest absolute Gasteiger partial charge is 0.303 e. The summed E-state index contributed by atoms with van der Waals surface area (Å²) < 4.78 is 18.1. The minimum Gasteiger partial charge on any atom is -0.493 e. The molecule has 0 fully saturated rings.